The molecule has 1 heterocycles. The second kappa shape index (κ2) is 10.3. The fourth-order valence-electron chi connectivity index (χ4n) is 3.18. The first-order valence-corrected chi connectivity index (χ1v) is 10.2. The molecule has 0 aliphatic heterocycles. The number of anilines is 1. The van der Waals surface area contributed by atoms with Crippen LogP contribution < -0.4 is 10.7 Å². The molecular formula is C24H26N4O2. The zero-order chi connectivity index (χ0) is 21.3. The van der Waals surface area contributed by atoms with E-state index in [9.17, 15) is 9.59 Å². The number of hydrazone groups is 1. The molecule has 0 radical (unpaired) electrons. The molecule has 0 spiro atoms. The molecule has 0 atom stereocenters. The Balaban J connectivity index is 1.74. The van der Waals surface area contributed by atoms with Gasteiger partial charge in [-0.2, -0.15) is 5.10 Å². The van der Waals surface area contributed by atoms with Gasteiger partial charge in [0.1, 0.15) is 0 Å². The number of aromatic nitrogens is 1. The number of unbranched alkanes of at least 4 members (excludes halogenated alkanes) is 2. The third-order valence-electron chi connectivity index (χ3n) is 4.66. The number of fused-ring (bicyclic) bond motifs is 1. The molecule has 2 aromatic carbocycles. The number of nitrogens with zero attached hydrogens (tertiary/aromatic N) is 2. The van der Waals surface area contributed by atoms with Crippen molar-refractivity contribution in [1.29, 1.82) is 0 Å². The maximum absolute atomic E-state index is 12.8. The van der Waals surface area contributed by atoms with E-state index in [1.165, 1.54) is 6.92 Å². The van der Waals surface area contributed by atoms with Crippen molar-refractivity contribution in [2.75, 3.05) is 5.32 Å². The third kappa shape index (κ3) is 5.73. The number of nitrogens with one attached hydrogen (secondary N) is 2. The molecule has 3 rings (SSSR count). The predicted octanol–water partition coefficient (Wildman–Crippen LogP) is 4.69. The molecule has 154 valence electrons. The Kier molecular flexibility index (Phi) is 7.27. The topological polar surface area (TPSA) is 83.5 Å². The number of carbonyl (C=O) groups is 2. The Hall–Kier alpha value is -3.54. The molecule has 30 heavy (non-hydrogen) atoms. The highest BCUT2D eigenvalue weighted by molar-refractivity contribution is 6.06. The lowest BCUT2D eigenvalue weighted by atomic mass is 10.0. The minimum atomic E-state index is -0.267. The van der Waals surface area contributed by atoms with E-state index in [0.29, 0.717) is 11.3 Å². The third-order valence-corrected chi connectivity index (χ3v) is 4.66. The van der Waals surface area contributed by atoms with Gasteiger partial charge in [0.25, 0.3) is 5.91 Å². The van der Waals surface area contributed by atoms with Gasteiger partial charge in [0.15, 0.2) is 0 Å². The van der Waals surface area contributed by atoms with E-state index < -0.39 is 0 Å². The van der Waals surface area contributed by atoms with Gasteiger partial charge >= 0.3 is 0 Å². The van der Waals surface area contributed by atoms with Crippen molar-refractivity contribution in [2.24, 2.45) is 5.10 Å². The smallest absolute Gasteiger partial charge is 0.272 e. The summed E-state index contributed by atoms with van der Waals surface area (Å²) in [4.78, 5) is 28.6. The van der Waals surface area contributed by atoms with Gasteiger partial charge in [0.2, 0.25) is 5.91 Å². The molecule has 0 saturated heterocycles. The van der Waals surface area contributed by atoms with Gasteiger partial charge in [-0.15, -0.1) is 0 Å². The van der Waals surface area contributed by atoms with E-state index in [0.717, 1.165) is 47.8 Å². The van der Waals surface area contributed by atoms with Crippen molar-refractivity contribution in [1.82, 2.24) is 10.4 Å². The summed E-state index contributed by atoms with van der Waals surface area (Å²) in [5.41, 5.74) is 6.44. The van der Waals surface area contributed by atoms with Crippen molar-refractivity contribution < 1.29 is 9.59 Å². The normalized spacial score (nSPS) is 11.0. The first kappa shape index (κ1) is 21.2. The average Bonchev–Trinajstić information content (AvgIpc) is 2.74. The Morgan fingerprint density at radius 3 is 2.57 bits per heavy atom. The Morgan fingerprint density at radius 2 is 1.83 bits per heavy atom. The van der Waals surface area contributed by atoms with Gasteiger partial charge < -0.3 is 5.32 Å². The number of hydrogen-bond donors (Lipinski definition) is 2. The molecule has 1 aromatic heterocycles. The fraction of sp³-hybridized carbons (Fsp3) is 0.250. The predicted molar refractivity (Wildman–Crippen MR) is 121 cm³/mol. The number of pyridine rings is 1. The molecule has 2 amide bonds. The molecule has 0 aliphatic carbocycles. The highest BCUT2D eigenvalue weighted by Gasteiger charge is 2.12. The summed E-state index contributed by atoms with van der Waals surface area (Å²) in [6.07, 6.45) is 5.75. The zero-order valence-corrected chi connectivity index (χ0v) is 17.3. The van der Waals surface area contributed by atoms with E-state index in [-0.39, 0.29) is 11.8 Å². The van der Waals surface area contributed by atoms with Crippen LogP contribution in [0.4, 0.5) is 5.69 Å². The summed E-state index contributed by atoms with van der Waals surface area (Å²) in [5.74, 6) is -0.390. The minimum Gasteiger partial charge on any atom is -0.326 e. The van der Waals surface area contributed by atoms with Crippen LogP contribution in [0.1, 0.15) is 54.7 Å². The molecule has 0 aliphatic rings. The largest absolute Gasteiger partial charge is 0.326 e. The van der Waals surface area contributed by atoms with Crippen molar-refractivity contribution >= 4 is 34.6 Å². The van der Waals surface area contributed by atoms with E-state index in [2.05, 4.69) is 22.8 Å². The van der Waals surface area contributed by atoms with Gasteiger partial charge in [-0.25, -0.2) is 5.43 Å². The monoisotopic (exact) mass is 402 g/mol. The first-order chi connectivity index (χ1) is 14.6. The Morgan fingerprint density at radius 1 is 1.07 bits per heavy atom. The quantitative estimate of drug-likeness (QED) is 0.326. The van der Waals surface area contributed by atoms with E-state index in [4.69, 9.17) is 4.98 Å². The van der Waals surface area contributed by atoms with Crippen LogP contribution >= 0.6 is 0 Å². The number of hydrogen-bond acceptors (Lipinski definition) is 4. The van der Waals surface area contributed by atoms with Crippen molar-refractivity contribution in [3.63, 3.8) is 0 Å². The van der Waals surface area contributed by atoms with E-state index >= 15 is 0 Å². The molecule has 3 aromatic rings. The van der Waals surface area contributed by atoms with Gasteiger partial charge in [0.05, 0.1) is 17.3 Å². The maximum Gasteiger partial charge on any atom is 0.272 e. The van der Waals surface area contributed by atoms with Crippen LogP contribution in [-0.4, -0.2) is 23.0 Å². The Bertz CT molecular complexity index is 1060. The van der Waals surface area contributed by atoms with Crippen LogP contribution in [0.15, 0.2) is 59.7 Å². The van der Waals surface area contributed by atoms with Crippen LogP contribution in [0, 0.1) is 0 Å². The highest BCUT2D eigenvalue weighted by atomic mass is 16.2. The molecule has 0 saturated carbocycles. The van der Waals surface area contributed by atoms with Crippen LogP contribution in [0.5, 0.6) is 0 Å². The van der Waals surface area contributed by atoms with E-state index in [1.807, 2.05) is 42.5 Å². The number of amides is 2. The number of rotatable bonds is 8. The standard InChI is InChI=1S/C24H26N4O2/c1-3-4-5-8-20-15-22(21-9-6-7-10-23(21)27-20)24(30)28-25-16-18-11-13-19(14-12-18)26-17(2)29/h6-7,9-16H,3-5,8H2,1-2H3,(H,26,29)(H,28,30). The molecule has 0 unspecified atom stereocenters. The average molecular weight is 402 g/mol. The van der Waals surface area contributed by atoms with Crippen LogP contribution in [0.2, 0.25) is 0 Å². The van der Waals surface area contributed by atoms with Crippen LogP contribution in [0.3, 0.4) is 0 Å². The van der Waals surface area contributed by atoms with Gasteiger partial charge in [0, 0.05) is 23.7 Å². The second-order valence-corrected chi connectivity index (χ2v) is 7.14. The first-order valence-electron chi connectivity index (χ1n) is 10.2. The van der Waals surface area contributed by atoms with Crippen molar-refractivity contribution in [2.45, 2.75) is 39.5 Å². The van der Waals surface area contributed by atoms with Crippen molar-refractivity contribution in [3.05, 3.63) is 71.4 Å². The molecule has 2 N–H and O–H groups in total. The lowest BCUT2D eigenvalue weighted by Crippen LogP contribution is -2.18. The summed E-state index contributed by atoms with van der Waals surface area (Å²) in [5, 5.41) is 7.61. The SMILES string of the molecule is CCCCCc1cc(C(=O)NN=Cc2ccc(NC(C)=O)cc2)c2ccccc2n1. The molecule has 6 heteroatoms. The van der Waals surface area contributed by atoms with Gasteiger partial charge in [-0.3, -0.25) is 14.6 Å². The number of carbonyl (C=O) groups excluding carboxylic acids is 2. The highest BCUT2D eigenvalue weighted by Crippen LogP contribution is 2.19. The second-order valence-electron chi connectivity index (χ2n) is 7.14. The molecular weight excluding hydrogens is 376 g/mol. The van der Waals surface area contributed by atoms with Gasteiger partial charge in [-0.05, 0) is 42.7 Å². The number of benzene rings is 2. The maximum atomic E-state index is 12.8. The summed E-state index contributed by atoms with van der Waals surface area (Å²) in [6, 6.07) is 16.7. The summed E-state index contributed by atoms with van der Waals surface area (Å²) in [6.45, 7) is 3.63. The zero-order valence-electron chi connectivity index (χ0n) is 17.3. The molecule has 6 nitrogen and oxygen atoms in total. The van der Waals surface area contributed by atoms with Crippen LogP contribution in [-0.2, 0) is 11.2 Å². The summed E-state index contributed by atoms with van der Waals surface area (Å²) >= 11 is 0. The number of aryl methyl sites for hydroxylation is 1. The fourth-order valence-corrected chi connectivity index (χ4v) is 3.18. The Labute approximate surface area is 176 Å². The van der Waals surface area contributed by atoms with E-state index in [1.54, 1.807) is 18.3 Å². The molecule has 0 fully saturated rings. The van der Waals surface area contributed by atoms with Gasteiger partial charge in [-0.1, -0.05) is 50.1 Å². The minimum absolute atomic E-state index is 0.123. The lowest BCUT2D eigenvalue weighted by molar-refractivity contribution is -0.114. The van der Waals surface area contributed by atoms with Crippen LogP contribution in [0.25, 0.3) is 10.9 Å². The lowest BCUT2D eigenvalue weighted by Gasteiger charge is -2.08. The summed E-state index contributed by atoms with van der Waals surface area (Å²) in [7, 11) is 0. The number of para-hydroxylation sites is 1. The molecule has 0 bridgehead atoms. The summed E-state index contributed by atoms with van der Waals surface area (Å²) < 4.78 is 0. The van der Waals surface area contributed by atoms with Crippen molar-refractivity contribution in [3.8, 4) is 0 Å².